The molecule has 5 heteroatoms. The number of halogens is 2. The lowest BCUT2D eigenvalue weighted by Gasteiger charge is -2.07. The number of rotatable bonds is 6. The molecule has 1 rings (SSSR count). The Morgan fingerprint density at radius 3 is 2.88 bits per heavy atom. The van der Waals surface area contributed by atoms with Crippen LogP contribution < -0.4 is 10.6 Å². The van der Waals surface area contributed by atoms with E-state index >= 15 is 0 Å². The zero-order chi connectivity index (χ0) is 12.7. The summed E-state index contributed by atoms with van der Waals surface area (Å²) < 4.78 is 14.1. The zero-order valence-electron chi connectivity index (χ0n) is 9.72. The van der Waals surface area contributed by atoms with Crippen molar-refractivity contribution >= 4 is 21.8 Å². The molecule has 0 aliphatic heterocycles. The largest absolute Gasteiger partial charge is 0.355 e. The molecular formula is C12H16BrFN2O. The predicted octanol–water partition coefficient (Wildman–Crippen LogP) is 2.20. The van der Waals surface area contributed by atoms with Crippen LogP contribution in [0.4, 0.5) is 4.39 Å². The van der Waals surface area contributed by atoms with Gasteiger partial charge in [0.25, 0.3) is 0 Å². The molecule has 0 bridgehead atoms. The third kappa shape index (κ3) is 5.28. The molecule has 0 spiro atoms. The van der Waals surface area contributed by atoms with E-state index in [9.17, 15) is 9.18 Å². The van der Waals surface area contributed by atoms with Crippen LogP contribution in [0, 0.1) is 5.82 Å². The van der Waals surface area contributed by atoms with Gasteiger partial charge in [-0.1, -0.05) is 28.9 Å². The quantitative estimate of drug-likeness (QED) is 0.846. The molecule has 2 N–H and O–H groups in total. The second-order valence-corrected chi connectivity index (χ2v) is 4.60. The molecule has 0 aliphatic carbocycles. The summed E-state index contributed by atoms with van der Waals surface area (Å²) >= 11 is 3.19. The molecule has 0 saturated heterocycles. The summed E-state index contributed by atoms with van der Waals surface area (Å²) in [5.41, 5.74) is 0.552. The Morgan fingerprint density at radius 1 is 1.47 bits per heavy atom. The van der Waals surface area contributed by atoms with Crippen LogP contribution in [0.15, 0.2) is 22.7 Å². The van der Waals surface area contributed by atoms with Gasteiger partial charge < -0.3 is 10.6 Å². The normalized spacial score (nSPS) is 10.3. The highest BCUT2D eigenvalue weighted by Crippen LogP contribution is 2.14. The van der Waals surface area contributed by atoms with Crippen molar-refractivity contribution in [1.82, 2.24) is 10.6 Å². The van der Waals surface area contributed by atoms with E-state index in [1.807, 2.05) is 6.92 Å². The van der Waals surface area contributed by atoms with Crippen LogP contribution in [0.2, 0.25) is 0 Å². The second kappa shape index (κ2) is 7.40. The van der Waals surface area contributed by atoms with Crippen LogP contribution in [0.25, 0.3) is 0 Å². The van der Waals surface area contributed by atoms with E-state index in [1.54, 1.807) is 12.1 Å². The third-order valence-electron chi connectivity index (χ3n) is 2.19. The van der Waals surface area contributed by atoms with Gasteiger partial charge in [-0.15, -0.1) is 0 Å². The topological polar surface area (TPSA) is 41.1 Å². The molecule has 17 heavy (non-hydrogen) atoms. The van der Waals surface area contributed by atoms with Gasteiger partial charge in [0.2, 0.25) is 5.91 Å². The van der Waals surface area contributed by atoms with Crippen LogP contribution in [0.1, 0.15) is 18.9 Å². The summed E-state index contributed by atoms with van der Waals surface area (Å²) in [7, 11) is 0. The minimum absolute atomic E-state index is 0.0654. The Kier molecular flexibility index (Phi) is 6.15. The van der Waals surface area contributed by atoms with Crippen molar-refractivity contribution in [3.8, 4) is 0 Å². The van der Waals surface area contributed by atoms with Gasteiger partial charge in [-0.05, 0) is 18.6 Å². The standard InChI is InChI=1S/C12H16BrFN2O/c1-2-5-16-12(17)8-15-7-9-3-4-10(13)6-11(9)14/h3-4,6,15H,2,5,7-8H2,1H3,(H,16,17). The average Bonchev–Trinajstić information content (AvgIpc) is 2.29. The zero-order valence-corrected chi connectivity index (χ0v) is 11.3. The lowest BCUT2D eigenvalue weighted by atomic mass is 10.2. The maximum absolute atomic E-state index is 13.4. The Hall–Kier alpha value is -0.940. The highest BCUT2D eigenvalue weighted by molar-refractivity contribution is 9.10. The number of nitrogens with one attached hydrogen (secondary N) is 2. The number of amides is 1. The monoisotopic (exact) mass is 302 g/mol. The van der Waals surface area contributed by atoms with Crippen LogP contribution in [-0.2, 0) is 11.3 Å². The summed E-state index contributed by atoms with van der Waals surface area (Å²) in [6.45, 7) is 3.21. The summed E-state index contributed by atoms with van der Waals surface area (Å²) in [6, 6.07) is 4.88. The van der Waals surface area contributed by atoms with Gasteiger partial charge in [0.1, 0.15) is 5.82 Å². The number of carbonyl (C=O) groups is 1. The Morgan fingerprint density at radius 2 is 2.24 bits per heavy atom. The van der Waals surface area contributed by atoms with E-state index < -0.39 is 0 Å². The SMILES string of the molecule is CCCNC(=O)CNCc1ccc(Br)cc1F. The van der Waals surface area contributed by atoms with Crippen molar-refractivity contribution in [1.29, 1.82) is 0 Å². The molecule has 0 heterocycles. The molecule has 94 valence electrons. The first-order valence-corrected chi connectivity index (χ1v) is 6.34. The van der Waals surface area contributed by atoms with Gasteiger partial charge >= 0.3 is 0 Å². The van der Waals surface area contributed by atoms with Crippen molar-refractivity contribution in [3.05, 3.63) is 34.1 Å². The molecule has 0 fully saturated rings. The highest BCUT2D eigenvalue weighted by Gasteiger charge is 2.04. The fourth-order valence-corrected chi connectivity index (χ4v) is 1.64. The highest BCUT2D eigenvalue weighted by atomic mass is 79.9. The fourth-order valence-electron chi connectivity index (χ4n) is 1.30. The first kappa shape index (κ1) is 14.1. The van der Waals surface area contributed by atoms with Crippen molar-refractivity contribution in [2.45, 2.75) is 19.9 Å². The van der Waals surface area contributed by atoms with Crippen molar-refractivity contribution in [2.75, 3.05) is 13.1 Å². The third-order valence-corrected chi connectivity index (χ3v) is 2.68. The first-order chi connectivity index (χ1) is 8.13. The molecule has 0 unspecified atom stereocenters. The van der Waals surface area contributed by atoms with E-state index in [4.69, 9.17) is 0 Å². The lowest BCUT2D eigenvalue weighted by Crippen LogP contribution is -2.34. The minimum Gasteiger partial charge on any atom is -0.355 e. The lowest BCUT2D eigenvalue weighted by molar-refractivity contribution is -0.120. The molecule has 0 aromatic heterocycles. The molecule has 0 saturated carbocycles. The maximum Gasteiger partial charge on any atom is 0.233 e. The molecule has 1 aromatic carbocycles. The minimum atomic E-state index is -0.277. The Labute approximate surface area is 109 Å². The van der Waals surface area contributed by atoms with Gasteiger partial charge in [-0.2, -0.15) is 0 Å². The van der Waals surface area contributed by atoms with Gasteiger partial charge in [0, 0.05) is 23.1 Å². The maximum atomic E-state index is 13.4. The van der Waals surface area contributed by atoms with Crippen LogP contribution in [0.5, 0.6) is 0 Å². The smallest absolute Gasteiger partial charge is 0.233 e. The molecule has 1 amide bonds. The van der Waals surface area contributed by atoms with E-state index in [-0.39, 0.29) is 18.3 Å². The van der Waals surface area contributed by atoms with Crippen LogP contribution in [-0.4, -0.2) is 19.0 Å². The summed E-state index contributed by atoms with van der Waals surface area (Å²) in [5, 5.41) is 5.64. The van der Waals surface area contributed by atoms with Gasteiger partial charge in [-0.25, -0.2) is 4.39 Å². The van der Waals surface area contributed by atoms with Gasteiger partial charge in [0.05, 0.1) is 6.54 Å². The van der Waals surface area contributed by atoms with E-state index in [0.717, 1.165) is 6.42 Å². The number of carbonyl (C=O) groups excluding carboxylic acids is 1. The molecule has 0 aliphatic rings. The van der Waals surface area contributed by atoms with Crippen LogP contribution >= 0.6 is 15.9 Å². The summed E-state index contributed by atoms with van der Waals surface area (Å²) in [5.74, 6) is -0.342. The van der Waals surface area contributed by atoms with E-state index in [0.29, 0.717) is 23.1 Å². The molecule has 0 atom stereocenters. The van der Waals surface area contributed by atoms with Crippen LogP contribution in [0.3, 0.4) is 0 Å². The second-order valence-electron chi connectivity index (χ2n) is 3.69. The average molecular weight is 303 g/mol. The molecule has 3 nitrogen and oxygen atoms in total. The predicted molar refractivity (Wildman–Crippen MR) is 69.1 cm³/mol. The van der Waals surface area contributed by atoms with E-state index in [1.165, 1.54) is 6.07 Å². The molecule has 0 radical (unpaired) electrons. The summed E-state index contributed by atoms with van der Waals surface area (Å²) in [6.07, 6.45) is 0.910. The Balaban J connectivity index is 2.33. The number of hydrogen-bond donors (Lipinski definition) is 2. The van der Waals surface area contributed by atoms with Crippen molar-refractivity contribution in [3.63, 3.8) is 0 Å². The number of hydrogen-bond acceptors (Lipinski definition) is 2. The summed E-state index contributed by atoms with van der Waals surface area (Å²) in [4.78, 5) is 11.3. The Bertz CT molecular complexity index is 385. The van der Waals surface area contributed by atoms with Gasteiger partial charge in [-0.3, -0.25) is 4.79 Å². The first-order valence-electron chi connectivity index (χ1n) is 5.54. The molecular weight excluding hydrogens is 287 g/mol. The number of benzene rings is 1. The van der Waals surface area contributed by atoms with E-state index in [2.05, 4.69) is 26.6 Å². The van der Waals surface area contributed by atoms with Crippen molar-refractivity contribution < 1.29 is 9.18 Å². The molecule has 1 aromatic rings. The fraction of sp³-hybridized carbons (Fsp3) is 0.417. The van der Waals surface area contributed by atoms with Crippen molar-refractivity contribution in [2.24, 2.45) is 0 Å². The van der Waals surface area contributed by atoms with Gasteiger partial charge in [0.15, 0.2) is 0 Å².